The number of nitrogens with one attached hydrogen (secondary N) is 2. The quantitative estimate of drug-likeness (QED) is 0.0601. The third kappa shape index (κ3) is 18.4. The van der Waals surface area contributed by atoms with Gasteiger partial charge in [-0.05, 0) is 93.5 Å². The number of aliphatic hydroxyl groups is 1. The molecule has 0 aliphatic carbocycles. The summed E-state index contributed by atoms with van der Waals surface area (Å²) in [7, 11) is 1.97. The molecule has 50 heavy (non-hydrogen) atoms. The van der Waals surface area contributed by atoms with Crippen molar-refractivity contribution in [2.45, 2.75) is 119 Å². The van der Waals surface area contributed by atoms with E-state index in [4.69, 9.17) is 16.6 Å². The number of carbonyl (C=O) groups is 1. The lowest BCUT2D eigenvalue weighted by Crippen LogP contribution is -2.34. The Morgan fingerprint density at radius 3 is 2.06 bits per heavy atom. The third-order valence-corrected chi connectivity index (χ3v) is 8.51. The zero-order valence-corrected chi connectivity index (χ0v) is 33.1. The molecule has 3 rings (SSSR count). The van der Waals surface area contributed by atoms with E-state index in [9.17, 15) is 9.90 Å². The van der Waals surface area contributed by atoms with Gasteiger partial charge in [0.05, 0.1) is 5.70 Å². The Kier molecular flexibility index (Phi) is 21.7. The maximum absolute atomic E-state index is 9.93. The summed E-state index contributed by atoms with van der Waals surface area (Å²) in [5, 5.41) is 17.1. The van der Waals surface area contributed by atoms with E-state index in [0.717, 1.165) is 69.9 Å². The van der Waals surface area contributed by atoms with Crippen molar-refractivity contribution >= 4 is 40.7 Å². The fourth-order valence-corrected chi connectivity index (χ4v) is 5.40. The number of halogens is 1. The Labute approximate surface area is 309 Å². The number of hydrogen-bond acceptors (Lipinski definition) is 5. The monoisotopic (exact) mass is 701 g/mol. The Morgan fingerprint density at radius 2 is 1.58 bits per heavy atom. The van der Waals surface area contributed by atoms with Crippen molar-refractivity contribution < 1.29 is 9.90 Å². The first-order chi connectivity index (χ1) is 23.8. The number of nitrogens with zero attached hydrogens (tertiary/aromatic N) is 1. The van der Waals surface area contributed by atoms with Gasteiger partial charge in [-0.1, -0.05) is 127 Å². The zero-order valence-electron chi connectivity index (χ0n) is 32.3. The topological polar surface area (TPSA) is 73.7 Å². The van der Waals surface area contributed by atoms with Gasteiger partial charge in [0.2, 0.25) is 0 Å². The second-order valence-corrected chi connectivity index (χ2v) is 14.4. The zero-order chi connectivity index (χ0) is 37.5. The molecule has 0 fully saturated rings. The second kappa shape index (κ2) is 24.5. The van der Waals surface area contributed by atoms with Gasteiger partial charge >= 0.3 is 0 Å². The molecule has 0 bridgehead atoms. The van der Waals surface area contributed by atoms with Crippen LogP contribution in [0.2, 0.25) is 5.02 Å². The van der Waals surface area contributed by atoms with Crippen LogP contribution in [-0.4, -0.2) is 30.2 Å². The van der Waals surface area contributed by atoms with Crippen LogP contribution in [0.15, 0.2) is 84.4 Å². The largest absolute Gasteiger partial charge is 0.508 e. The Hall–Kier alpha value is -3.67. The van der Waals surface area contributed by atoms with Crippen molar-refractivity contribution in [3.8, 4) is 0 Å². The predicted octanol–water partition coefficient (Wildman–Crippen LogP) is 12.4. The van der Waals surface area contributed by atoms with Gasteiger partial charge in [0.1, 0.15) is 12.0 Å². The van der Waals surface area contributed by atoms with Crippen LogP contribution in [0.1, 0.15) is 121 Å². The maximum Gasteiger partial charge on any atom is 0.119 e. The van der Waals surface area contributed by atoms with Crippen molar-refractivity contribution in [2.75, 3.05) is 12.4 Å². The van der Waals surface area contributed by atoms with E-state index in [1.54, 1.807) is 0 Å². The summed E-state index contributed by atoms with van der Waals surface area (Å²) in [6, 6.07) is 22.3. The van der Waals surface area contributed by atoms with Gasteiger partial charge in [-0.3, -0.25) is 4.99 Å². The molecule has 0 amide bonds. The van der Waals surface area contributed by atoms with Crippen LogP contribution in [0.4, 0.5) is 5.69 Å². The van der Waals surface area contributed by atoms with Crippen LogP contribution in [-0.2, 0) is 17.8 Å². The third-order valence-electron chi connectivity index (χ3n) is 8.27. The lowest BCUT2D eigenvalue weighted by atomic mass is 9.90. The maximum atomic E-state index is 9.93. The lowest BCUT2D eigenvalue weighted by Gasteiger charge is -2.18. The molecule has 3 aromatic carbocycles. The van der Waals surface area contributed by atoms with E-state index in [-0.39, 0.29) is 11.8 Å². The molecule has 6 heteroatoms. The summed E-state index contributed by atoms with van der Waals surface area (Å²) >= 11 is 6.13. The molecule has 3 aromatic rings. The number of allylic oxidation sites excluding steroid dienone is 1. The average molecular weight is 702 g/mol. The van der Waals surface area contributed by atoms with Gasteiger partial charge in [-0.25, -0.2) is 0 Å². The van der Waals surface area contributed by atoms with Crippen LogP contribution in [0.5, 0.6) is 0 Å². The minimum absolute atomic E-state index is 0.0855. The summed E-state index contributed by atoms with van der Waals surface area (Å²) in [5.74, 6) is 0.0855. The van der Waals surface area contributed by atoms with Crippen molar-refractivity contribution in [2.24, 2.45) is 10.4 Å². The van der Waals surface area contributed by atoms with Crippen molar-refractivity contribution in [3.05, 3.63) is 112 Å². The van der Waals surface area contributed by atoms with Crippen molar-refractivity contribution in [1.82, 2.24) is 5.32 Å². The van der Waals surface area contributed by atoms with Gasteiger partial charge in [-0.2, -0.15) is 0 Å². The summed E-state index contributed by atoms with van der Waals surface area (Å²) in [6.07, 6.45) is 12.2. The fraction of sp³-hybridized carbons (Fsp3) is 0.455. The van der Waals surface area contributed by atoms with Crippen LogP contribution >= 0.6 is 11.6 Å². The Bertz CT molecular complexity index is 1470. The molecule has 1 atom stereocenters. The standard InChI is InChI=1S/C30H34ClN3O.C9H18O.C5H12/c1-6-29(28-16-13-26(31)17-20(28)2)34-21(3)30(32-5)18-23-9-14-27(15-10-23)33-19-24-7-11-25(12-8-24)22(4)35;1-9(2,3)7-5-4-6-8-10;1-3-5-4-2/h6-17,30,32-33,35H,4,18-19H2,1-3,5H3;8H,4-7H2,1-3H3;3-5H2,1-2H3/b29-6-,34-21?;;. The van der Waals surface area contributed by atoms with Crippen molar-refractivity contribution in [1.29, 1.82) is 0 Å². The predicted molar refractivity (Wildman–Crippen MR) is 221 cm³/mol. The minimum atomic E-state index is 0.0855. The Morgan fingerprint density at radius 1 is 0.960 bits per heavy atom. The molecule has 0 saturated heterocycles. The van der Waals surface area contributed by atoms with E-state index in [1.165, 1.54) is 37.7 Å². The number of anilines is 1. The van der Waals surface area contributed by atoms with Crippen LogP contribution in [0, 0.1) is 12.3 Å². The highest BCUT2D eigenvalue weighted by atomic mass is 35.5. The van der Waals surface area contributed by atoms with Gasteiger partial charge in [-0.15, -0.1) is 0 Å². The molecule has 5 nitrogen and oxygen atoms in total. The number of likely N-dealkylation sites (N-methyl/N-ethyl adjacent to an activating group) is 1. The molecule has 0 radical (unpaired) electrons. The van der Waals surface area contributed by atoms with Crippen molar-refractivity contribution in [3.63, 3.8) is 0 Å². The first-order valence-electron chi connectivity index (χ1n) is 18.2. The van der Waals surface area contributed by atoms with E-state index in [0.29, 0.717) is 12.0 Å². The highest BCUT2D eigenvalue weighted by molar-refractivity contribution is 6.30. The first kappa shape index (κ1) is 44.4. The lowest BCUT2D eigenvalue weighted by molar-refractivity contribution is -0.107. The van der Waals surface area contributed by atoms with Gasteiger partial charge in [0, 0.05) is 46.6 Å². The number of hydrogen-bond donors (Lipinski definition) is 3. The van der Waals surface area contributed by atoms with Gasteiger partial charge in [0.25, 0.3) is 0 Å². The first-order valence-corrected chi connectivity index (χ1v) is 18.5. The molecule has 3 N–H and O–H groups in total. The minimum Gasteiger partial charge on any atom is -0.508 e. The number of aryl methyl sites for hydroxylation is 1. The van der Waals surface area contributed by atoms with E-state index >= 15 is 0 Å². The average Bonchev–Trinajstić information content (AvgIpc) is 3.08. The molecule has 0 aromatic heterocycles. The molecule has 0 aliphatic rings. The summed E-state index contributed by atoms with van der Waals surface area (Å²) in [5.41, 5.74) is 8.79. The molecular weight excluding hydrogens is 638 g/mol. The van der Waals surface area contributed by atoms with E-state index < -0.39 is 0 Å². The SMILES string of the molecule is C=C(O)c1ccc(CNc2ccc(CC(NC)C(C)=N/C(=C\C)c3ccc(Cl)cc3C)cc2)cc1.CC(C)(C)CCCCC=O.CCCCC. The molecule has 0 saturated carbocycles. The summed E-state index contributed by atoms with van der Waals surface area (Å²) < 4.78 is 0. The summed E-state index contributed by atoms with van der Waals surface area (Å²) in [6.45, 7) is 21.5. The fourth-order valence-electron chi connectivity index (χ4n) is 5.17. The highest BCUT2D eigenvalue weighted by Crippen LogP contribution is 2.24. The number of aldehydes is 1. The molecule has 0 aliphatic heterocycles. The normalized spacial score (nSPS) is 12.2. The van der Waals surface area contributed by atoms with Gasteiger partial charge < -0.3 is 20.5 Å². The number of aliphatic imine (C=N–C) groups is 1. The van der Waals surface area contributed by atoms with Gasteiger partial charge in [0.15, 0.2) is 0 Å². The molecule has 0 spiro atoms. The number of aliphatic hydroxyl groups excluding tert-OH is 1. The molecular formula is C44H64ClN3O2. The van der Waals surface area contributed by atoms with Crippen LogP contribution in [0.3, 0.4) is 0 Å². The number of benzene rings is 3. The smallest absolute Gasteiger partial charge is 0.119 e. The number of carbonyl (C=O) groups excluding carboxylic acids is 1. The number of rotatable bonds is 16. The van der Waals surface area contributed by atoms with E-state index in [1.807, 2.05) is 62.5 Å². The Balaban J connectivity index is 0.000000695. The van der Waals surface area contributed by atoms with Crippen LogP contribution < -0.4 is 10.6 Å². The highest BCUT2D eigenvalue weighted by Gasteiger charge is 2.13. The second-order valence-electron chi connectivity index (χ2n) is 14.0. The summed E-state index contributed by atoms with van der Waals surface area (Å²) in [4.78, 5) is 14.9. The molecule has 0 heterocycles. The number of unbranched alkanes of at least 4 members (excludes halogenated alkanes) is 4. The molecule has 1 unspecified atom stereocenters. The van der Waals surface area contributed by atoms with E-state index in [2.05, 4.69) is 89.9 Å². The van der Waals surface area contributed by atoms with Crippen LogP contribution in [0.25, 0.3) is 11.5 Å². The molecule has 274 valence electrons.